The lowest BCUT2D eigenvalue weighted by molar-refractivity contribution is -0.143. The highest BCUT2D eigenvalue weighted by molar-refractivity contribution is 5.87. The summed E-state index contributed by atoms with van der Waals surface area (Å²) in [6.07, 6.45) is -10.8. The average molecular weight is 446 g/mol. The molecule has 2 aromatic carbocycles. The van der Waals surface area contributed by atoms with Gasteiger partial charge in [-0.2, -0.15) is 26.3 Å². The fourth-order valence-corrected chi connectivity index (χ4v) is 3.15. The molecule has 0 fully saturated rings. The third-order valence-corrected chi connectivity index (χ3v) is 4.74. The molecule has 0 unspecified atom stereocenters. The summed E-state index contributed by atoms with van der Waals surface area (Å²) in [5.41, 5.74) is 4.24. The number of aryl methyl sites for hydroxylation is 2. The molecule has 31 heavy (non-hydrogen) atoms. The van der Waals surface area contributed by atoms with E-state index < -0.39 is 53.3 Å². The zero-order valence-corrected chi connectivity index (χ0v) is 16.6. The first-order valence-corrected chi connectivity index (χ1v) is 9.10. The number of amides is 2. The summed E-state index contributed by atoms with van der Waals surface area (Å²) in [6, 6.07) is 5.14. The summed E-state index contributed by atoms with van der Waals surface area (Å²) < 4.78 is 77.9. The van der Waals surface area contributed by atoms with Crippen molar-refractivity contribution in [1.82, 2.24) is 5.32 Å². The van der Waals surface area contributed by atoms with E-state index in [0.717, 1.165) is 16.7 Å². The van der Waals surface area contributed by atoms with Gasteiger partial charge in [-0.05, 0) is 54.3 Å². The van der Waals surface area contributed by atoms with Crippen molar-refractivity contribution in [2.75, 3.05) is 0 Å². The lowest BCUT2D eigenvalue weighted by Gasteiger charge is -2.19. The highest BCUT2D eigenvalue weighted by Crippen LogP contribution is 2.36. The molecule has 168 valence electrons. The van der Waals surface area contributed by atoms with Crippen LogP contribution < -0.4 is 11.1 Å². The van der Waals surface area contributed by atoms with Crippen molar-refractivity contribution in [3.8, 4) is 0 Å². The molecule has 0 aliphatic rings. The van der Waals surface area contributed by atoms with Crippen LogP contribution in [-0.4, -0.2) is 17.9 Å². The molecular formula is C21H20F6N2O2. The fraction of sp³-hybridized carbons (Fsp3) is 0.333. The summed E-state index contributed by atoms with van der Waals surface area (Å²) >= 11 is 0. The number of carbonyl (C=O) groups excluding carboxylic acids is 2. The topological polar surface area (TPSA) is 72.2 Å². The van der Waals surface area contributed by atoms with Gasteiger partial charge in [0.15, 0.2) is 0 Å². The molecule has 0 heterocycles. The molecule has 3 N–H and O–H groups in total. The molecule has 0 aliphatic carbocycles. The molecule has 0 bridgehead atoms. The molecular weight excluding hydrogens is 426 g/mol. The monoisotopic (exact) mass is 446 g/mol. The Hall–Kier alpha value is -3.04. The fourth-order valence-electron chi connectivity index (χ4n) is 3.15. The minimum absolute atomic E-state index is 0.0193. The second-order valence-electron chi connectivity index (χ2n) is 7.19. The Labute approximate surface area is 174 Å². The number of rotatable bonds is 6. The maximum Gasteiger partial charge on any atom is 0.416 e. The van der Waals surface area contributed by atoms with Gasteiger partial charge in [0, 0.05) is 6.42 Å². The maximum absolute atomic E-state index is 13.0. The van der Waals surface area contributed by atoms with Crippen LogP contribution in [0.3, 0.4) is 0 Å². The summed E-state index contributed by atoms with van der Waals surface area (Å²) in [5, 5.41) is 2.31. The summed E-state index contributed by atoms with van der Waals surface area (Å²) in [6.45, 7) is 3.59. The van der Waals surface area contributed by atoms with Gasteiger partial charge < -0.3 is 11.1 Å². The lowest BCUT2D eigenvalue weighted by Crippen LogP contribution is -2.46. The van der Waals surface area contributed by atoms with Crippen molar-refractivity contribution in [3.63, 3.8) is 0 Å². The molecule has 0 aliphatic heterocycles. The van der Waals surface area contributed by atoms with Gasteiger partial charge in [-0.25, -0.2) is 0 Å². The van der Waals surface area contributed by atoms with E-state index in [1.165, 1.54) is 0 Å². The van der Waals surface area contributed by atoms with Gasteiger partial charge in [0.05, 0.1) is 17.5 Å². The standard InChI is InChI=1S/C21H20F6N2O2/c1-11-4-3-5-12(2)16(11)10-17(19(28)31)29-18(30)8-13-6-14(20(22,23)24)9-15(7-13)21(25,26)27/h3-7,9,17H,8,10H2,1-2H3,(H2,28,31)(H,29,30)/t17-/m1/s1. The molecule has 0 aromatic heterocycles. The van der Waals surface area contributed by atoms with E-state index in [1.54, 1.807) is 32.0 Å². The van der Waals surface area contributed by atoms with E-state index in [2.05, 4.69) is 5.32 Å². The first-order chi connectivity index (χ1) is 14.2. The predicted molar refractivity (Wildman–Crippen MR) is 101 cm³/mol. The Kier molecular flexibility index (Phi) is 7.03. The number of carbonyl (C=O) groups is 2. The van der Waals surface area contributed by atoms with E-state index in [-0.39, 0.29) is 12.5 Å². The maximum atomic E-state index is 13.0. The van der Waals surface area contributed by atoms with Gasteiger partial charge in [-0.1, -0.05) is 18.2 Å². The number of nitrogens with one attached hydrogen (secondary N) is 1. The first kappa shape index (κ1) is 24.2. The molecule has 0 spiro atoms. The van der Waals surface area contributed by atoms with E-state index in [4.69, 9.17) is 5.73 Å². The normalized spacial score (nSPS) is 13.0. The van der Waals surface area contributed by atoms with Crippen molar-refractivity contribution in [2.24, 2.45) is 5.73 Å². The van der Waals surface area contributed by atoms with Crippen LogP contribution in [-0.2, 0) is 34.8 Å². The van der Waals surface area contributed by atoms with Crippen LogP contribution in [0, 0.1) is 13.8 Å². The number of hydrogen-bond donors (Lipinski definition) is 2. The van der Waals surface area contributed by atoms with E-state index in [9.17, 15) is 35.9 Å². The molecule has 2 aromatic rings. The molecule has 0 radical (unpaired) electrons. The van der Waals surface area contributed by atoms with E-state index in [0.29, 0.717) is 12.1 Å². The van der Waals surface area contributed by atoms with Crippen LogP contribution in [0.5, 0.6) is 0 Å². The Balaban J connectivity index is 2.26. The second kappa shape index (κ2) is 8.99. The molecule has 4 nitrogen and oxygen atoms in total. The highest BCUT2D eigenvalue weighted by Gasteiger charge is 2.37. The number of benzene rings is 2. The molecule has 0 saturated heterocycles. The minimum Gasteiger partial charge on any atom is -0.368 e. The van der Waals surface area contributed by atoms with Crippen LogP contribution in [0.2, 0.25) is 0 Å². The summed E-state index contributed by atoms with van der Waals surface area (Å²) in [4.78, 5) is 24.1. The largest absolute Gasteiger partial charge is 0.416 e. The number of primary amides is 1. The smallest absolute Gasteiger partial charge is 0.368 e. The minimum atomic E-state index is -5.02. The zero-order valence-electron chi connectivity index (χ0n) is 16.6. The number of alkyl halides is 6. The van der Waals surface area contributed by atoms with Crippen LogP contribution in [0.1, 0.15) is 33.4 Å². The molecule has 2 amide bonds. The Morgan fingerprint density at radius 2 is 1.42 bits per heavy atom. The molecule has 10 heteroatoms. The van der Waals surface area contributed by atoms with Crippen LogP contribution in [0.15, 0.2) is 36.4 Å². The molecule has 0 saturated carbocycles. The van der Waals surface area contributed by atoms with Gasteiger partial charge in [0.25, 0.3) is 0 Å². The molecule has 1 atom stereocenters. The Morgan fingerprint density at radius 3 is 1.84 bits per heavy atom. The van der Waals surface area contributed by atoms with Crippen LogP contribution >= 0.6 is 0 Å². The second-order valence-corrected chi connectivity index (χ2v) is 7.19. The van der Waals surface area contributed by atoms with Gasteiger partial charge in [0.2, 0.25) is 11.8 Å². The van der Waals surface area contributed by atoms with Crippen molar-refractivity contribution in [3.05, 3.63) is 69.8 Å². The van der Waals surface area contributed by atoms with E-state index in [1.807, 2.05) is 0 Å². The lowest BCUT2D eigenvalue weighted by atomic mass is 9.96. The average Bonchev–Trinajstić information content (AvgIpc) is 2.62. The summed E-state index contributed by atoms with van der Waals surface area (Å²) in [7, 11) is 0. The summed E-state index contributed by atoms with van der Waals surface area (Å²) in [5.74, 6) is -1.81. The van der Waals surface area contributed by atoms with E-state index >= 15 is 0 Å². The number of halogens is 6. The Morgan fingerprint density at radius 1 is 0.935 bits per heavy atom. The van der Waals surface area contributed by atoms with Gasteiger partial charge in [-0.3, -0.25) is 9.59 Å². The van der Waals surface area contributed by atoms with Crippen molar-refractivity contribution >= 4 is 11.8 Å². The van der Waals surface area contributed by atoms with Crippen LogP contribution in [0.25, 0.3) is 0 Å². The predicted octanol–water partition coefficient (Wildman–Crippen LogP) is 4.10. The number of nitrogens with two attached hydrogens (primary N) is 1. The Bertz CT molecular complexity index is 930. The third kappa shape index (κ3) is 6.47. The zero-order chi connectivity index (χ0) is 23.6. The van der Waals surface area contributed by atoms with Crippen molar-refractivity contribution in [1.29, 1.82) is 0 Å². The number of hydrogen-bond acceptors (Lipinski definition) is 2. The van der Waals surface area contributed by atoms with Crippen molar-refractivity contribution < 1.29 is 35.9 Å². The van der Waals surface area contributed by atoms with Gasteiger partial charge in [-0.15, -0.1) is 0 Å². The highest BCUT2D eigenvalue weighted by atomic mass is 19.4. The molecule has 2 rings (SSSR count). The first-order valence-electron chi connectivity index (χ1n) is 9.10. The van der Waals surface area contributed by atoms with Gasteiger partial charge in [0.1, 0.15) is 6.04 Å². The van der Waals surface area contributed by atoms with Gasteiger partial charge >= 0.3 is 12.4 Å². The SMILES string of the molecule is Cc1cccc(C)c1C[C@@H](NC(=O)Cc1cc(C(F)(F)F)cc(C(F)(F)F)c1)C(N)=O. The third-order valence-electron chi connectivity index (χ3n) is 4.74. The van der Waals surface area contributed by atoms with Crippen LogP contribution in [0.4, 0.5) is 26.3 Å². The quantitative estimate of drug-likeness (QED) is 0.656. The van der Waals surface area contributed by atoms with Crippen molar-refractivity contribution in [2.45, 2.75) is 45.1 Å².